The molecule has 2 rings (SSSR count). The number of aromatic nitrogens is 2. The third kappa shape index (κ3) is 2.78. The van der Waals surface area contributed by atoms with Crippen molar-refractivity contribution in [2.45, 2.75) is 6.92 Å². The molecular formula is C11H10FN5O3. The molecule has 104 valence electrons. The van der Waals surface area contributed by atoms with Crippen molar-refractivity contribution in [2.24, 2.45) is 5.84 Å². The minimum absolute atomic E-state index is 0.0367. The standard InChI is InChI=1S/C11H10FN5O3/c1-6-4-7(12)2-3-9(6)20-10-8(17(18)19)5-14-11(15-10)16-13/h2-5H,13H2,1H3,(H,14,15,16). The Bertz CT molecular complexity index is 665. The number of benzene rings is 1. The molecule has 20 heavy (non-hydrogen) atoms. The van der Waals surface area contributed by atoms with Crippen molar-refractivity contribution in [3.8, 4) is 11.6 Å². The van der Waals surface area contributed by atoms with Gasteiger partial charge in [0.2, 0.25) is 5.95 Å². The van der Waals surface area contributed by atoms with E-state index in [0.29, 0.717) is 5.56 Å². The largest absolute Gasteiger partial charge is 0.433 e. The van der Waals surface area contributed by atoms with Crippen LogP contribution in [-0.2, 0) is 0 Å². The summed E-state index contributed by atoms with van der Waals surface area (Å²) in [5.74, 6) is 4.63. The summed E-state index contributed by atoms with van der Waals surface area (Å²) in [6.45, 7) is 1.60. The molecule has 0 fully saturated rings. The third-order valence-corrected chi connectivity index (χ3v) is 2.41. The van der Waals surface area contributed by atoms with Gasteiger partial charge >= 0.3 is 11.6 Å². The fourth-order valence-electron chi connectivity index (χ4n) is 1.46. The summed E-state index contributed by atoms with van der Waals surface area (Å²) in [5, 5.41) is 10.9. The van der Waals surface area contributed by atoms with Gasteiger partial charge in [-0.1, -0.05) is 0 Å². The van der Waals surface area contributed by atoms with Crippen LogP contribution in [0.1, 0.15) is 5.56 Å². The van der Waals surface area contributed by atoms with Gasteiger partial charge in [-0.05, 0) is 30.7 Å². The van der Waals surface area contributed by atoms with Crippen LogP contribution in [0.15, 0.2) is 24.4 Å². The van der Waals surface area contributed by atoms with E-state index < -0.39 is 16.4 Å². The van der Waals surface area contributed by atoms with Crippen molar-refractivity contribution in [2.75, 3.05) is 5.43 Å². The number of hydrogen-bond donors (Lipinski definition) is 2. The van der Waals surface area contributed by atoms with Crippen LogP contribution in [0, 0.1) is 22.9 Å². The molecule has 0 radical (unpaired) electrons. The SMILES string of the molecule is Cc1cc(F)ccc1Oc1nc(NN)ncc1[N+](=O)[O-]. The van der Waals surface area contributed by atoms with Gasteiger partial charge in [0.25, 0.3) is 0 Å². The molecule has 8 nitrogen and oxygen atoms in total. The molecule has 0 amide bonds. The molecule has 0 spiro atoms. The number of rotatable bonds is 4. The van der Waals surface area contributed by atoms with Crippen LogP contribution < -0.4 is 16.0 Å². The summed E-state index contributed by atoms with van der Waals surface area (Å²) in [6, 6.07) is 3.77. The molecule has 1 aromatic heterocycles. The van der Waals surface area contributed by atoms with E-state index in [0.717, 1.165) is 6.20 Å². The number of nitro groups is 1. The Morgan fingerprint density at radius 1 is 1.50 bits per heavy atom. The normalized spacial score (nSPS) is 10.2. The van der Waals surface area contributed by atoms with Crippen molar-refractivity contribution in [1.29, 1.82) is 0 Å². The van der Waals surface area contributed by atoms with Crippen LogP contribution in [0.2, 0.25) is 0 Å². The highest BCUT2D eigenvalue weighted by Gasteiger charge is 2.20. The van der Waals surface area contributed by atoms with E-state index in [1.54, 1.807) is 6.92 Å². The van der Waals surface area contributed by atoms with Crippen LogP contribution in [-0.4, -0.2) is 14.9 Å². The number of nitrogen functional groups attached to an aromatic ring is 1. The summed E-state index contributed by atoms with van der Waals surface area (Å²) in [5.41, 5.74) is 2.21. The second-order valence-electron chi connectivity index (χ2n) is 3.80. The van der Waals surface area contributed by atoms with Crippen molar-refractivity contribution in [3.05, 3.63) is 45.9 Å². The van der Waals surface area contributed by atoms with E-state index >= 15 is 0 Å². The number of anilines is 1. The first kappa shape index (κ1) is 13.6. The Hall–Kier alpha value is -2.81. The van der Waals surface area contributed by atoms with Crippen molar-refractivity contribution < 1.29 is 14.1 Å². The highest BCUT2D eigenvalue weighted by Crippen LogP contribution is 2.31. The van der Waals surface area contributed by atoms with E-state index in [9.17, 15) is 14.5 Å². The lowest BCUT2D eigenvalue weighted by Crippen LogP contribution is -2.11. The molecule has 0 saturated carbocycles. The zero-order valence-electron chi connectivity index (χ0n) is 10.3. The monoisotopic (exact) mass is 279 g/mol. The second-order valence-corrected chi connectivity index (χ2v) is 3.80. The van der Waals surface area contributed by atoms with E-state index in [-0.39, 0.29) is 17.6 Å². The molecule has 3 N–H and O–H groups in total. The molecule has 0 unspecified atom stereocenters. The van der Waals surface area contributed by atoms with Gasteiger partial charge in [0, 0.05) is 0 Å². The number of ether oxygens (including phenoxy) is 1. The molecule has 2 aromatic rings. The summed E-state index contributed by atoms with van der Waals surface area (Å²) in [6.07, 6.45) is 0.969. The Balaban J connectivity index is 2.43. The molecule has 0 aliphatic heterocycles. The van der Waals surface area contributed by atoms with Crippen LogP contribution >= 0.6 is 0 Å². The molecule has 1 aromatic carbocycles. The molecule has 0 atom stereocenters. The van der Waals surface area contributed by atoms with Crippen LogP contribution in [0.3, 0.4) is 0 Å². The van der Waals surface area contributed by atoms with Gasteiger partial charge < -0.3 is 4.74 Å². The number of hydrogen-bond acceptors (Lipinski definition) is 7. The Labute approximate surface area is 112 Å². The number of hydrazine groups is 1. The lowest BCUT2D eigenvalue weighted by Gasteiger charge is -2.08. The molecule has 0 aliphatic rings. The number of nitrogens with one attached hydrogen (secondary N) is 1. The van der Waals surface area contributed by atoms with E-state index in [1.165, 1.54) is 18.2 Å². The number of nitrogens with two attached hydrogens (primary N) is 1. The first-order valence-electron chi connectivity index (χ1n) is 5.43. The fraction of sp³-hybridized carbons (Fsp3) is 0.0909. The van der Waals surface area contributed by atoms with E-state index in [2.05, 4.69) is 15.4 Å². The minimum atomic E-state index is -0.686. The van der Waals surface area contributed by atoms with Crippen molar-refractivity contribution in [3.63, 3.8) is 0 Å². The average Bonchev–Trinajstić information content (AvgIpc) is 2.41. The van der Waals surface area contributed by atoms with Gasteiger partial charge in [0.1, 0.15) is 17.8 Å². The number of aryl methyl sites for hydroxylation is 1. The summed E-state index contributed by atoms with van der Waals surface area (Å²) in [4.78, 5) is 17.6. The smallest absolute Gasteiger partial charge is 0.349 e. The number of halogens is 1. The average molecular weight is 279 g/mol. The fourth-order valence-corrected chi connectivity index (χ4v) is 1.46. The lowest BCUT2D eigenvalue weighted by molar-refractivity contribution is -0.386. The Morgan fingerprint density at radius 3 is 2.85 bits per heavy atom. The van der Waals surface area contributed by atoms with Gasteiger partial charge in [-0.25, -0.2) is 15.2 Å². The molecule has 1 heterocycles. The molecule has 9 heteroatoms. The zero-order valence-corrected chi connectivity index (χ0v) is 10.3. The quantitative estimate of drug-likeness (QED) is 0.498. The van der Waals surface area contributed by atoms with Crippen molar-refractivity contribution in [1.82, 2.24) is 9.97 Å². The van der Waals surface area contributed by atoms with E-state index in [1.807, 2.05) is 0 Å². The van der Waals surface area contributed by atoms with Gasteiger partial charge in [0.05, 0.1) is 4.92 Å². The minimum Gasteiger partial charge on any atom is -0.433 e. The second kappa shape index (κ2) is 5.45. The highest BCUT2D eigenvalue weighted by molar-refractivity contribution is 5.46. The predicted octanol–water partition coefficient (Wildman–Crippen LogP) is 1.91. The van der Waals surface area contributed by atoms with Crippen molar-refractivity contribution >= 4 is 11.6 Å². The van der Waals surface area contributed by atoms with Gasteiger partial charge in [-0.3, -0.25) is 15.5 Å². The lowest BCUT2D eigenvalue weighted by atomic mass is 10.2. The number of nitrogens with zero attached hydrogens (tertiary/aromatic N) is 3. The molecular weight excluding hydrogens is 269 g/mol. The Kier molecular flexibility index (Phi) is 3.71. The van der Waals surface area contributed by atoms with Crippen LogP contribution in [0.25, 0.3) is 0 Å². The first-order valence-corrected chi connectivity index (χ1v) is 5.43. The molecule has 0 bridgehead atoms. The third-order valence-electron chi connectivity index (χ3n) is 2.41. The maximum atomic E-state index is 13.0. The summed E-state index contributed by atoms with van der Waals surface area (Å²) in [7, 11) is 0. The predicted molar refractivity (Wildman–Crippen MR) is 67.7 cm³/mol. The first-order chi connectivity index (χ1) is 9.51. The maximum Gasteiger partial charge on any atom is 0.349 e. The van der Waals surface area contributed by atoms with E-state index in [4.69, 9.17) is 10.6 Å². The van der Waals surface area contributed by atoms with Gasteiger partial charge in [-0.15, -0.1) is 0 Å². The molecule has 0 aliphatic carbocycles. The van der Waals surface area contributed by atoms with Gasteiger partial charge in [0.15, 0.2) is 0 Å². The topological polar surface area (TPSA) is 116 Å². The molecule has 0 saturated heterocycles. The summed E-state index contributed by atoms with van der Waals surface area (Å²) < 4.78 is 18.3. The Morgan fingerprint density at radius 2 is 2.25 bits per heavy atom. The van der Waals surface area contributed by atoms with Gasteiger partial charge in [-0.2, -0.15) is 4.98 Å². The maximum absolute atomic E-state index is 13.0. The zero-order chi connectivity index (χ0) is 14.7. The van der Waals surface area contributed by atoms with Crippen LogP contribution in [0.5, 0.6) is 11.6 Å². The summed E-state index contributed by atoms with van der Waals surface area (Å²) >= 11 is 0. The van der Waals surface area contributed by atoms with Crippen LogP contribution in [0.4, 0.5) is 16.0 Å². The highest BCUT2D eigenvalue weighted by atomic mass is 19.1.